The fourth-order valence-corrected chi connectivity index (χ4v) is 0.346. The first-order valence-corrected chi connectivity index (χ1v) is 2.51. The molecule has 2 N–H and O–H groups in total. The summed E-state index contributed by atoms with van der Waals surface area (Å²) >= 11 is 0. The van der Waals surface area contributed by atoms with Gasteiger partial charge in [-0.05, 0) is 6.92 Å². The van der Waals surface area contributed by atoms with E-state index in [1.54, 1.807) is 0 Å². The van der Waals surface area contributed by atoms with Gasteiger partial charge in [0.1, 0.15) is 0 Å². The Morgan fingerprint density at radius 2 is 2.11 bits per heavy atom. The van der Waals surface area contributed by atoms with Gasteiger partial charge in [0, 0.05) is 12.6 Å². The number of rotatable bonds is 5. The van der Waals surface area contributed by atoms with Crippen molar-refractivity contribution in [1.82, 2.24) is 10.6 Å². The summed E-state index contributed by atoms with van der Waals surface area (Å²) in [6, 6.07) is -0.243. The van der Waals surface area contributed by atoms with Crippen LogP contribution in [0.2, 0.25) is 0 Å². The summed E-state index contributed by atoms with van der Waals surface area (Å²) in [5.74, 6) is 0. The van der Waals surface area contributed by atoms with Crippen molar-refractivity contribution < 1.29 is 9.59 Å². The van der Waals surface area contributed by atoms with Gasteiger partial charge >= 0.3 is 0 Å². The highest BCUT2D eigenvalue weighted by Crippen LogP contribution is 1.70. The van der Waals surface area contributed by atoms with Gasteiger partial charge in [0.2, 0.25) is 12.8 Å². The van der Waals surface area contributed by atoms with Crippen LogP contribution in [0.5, 0.6) is 0 Å². The lowest BCUT2D eigenvalue weighted by molar-refractivity contribution is -0.111. The predicted octanol–water partition coefficient (Wildman–Crippen LogP) is -1.32. The largest absolute Gasteiger partial charge is 0.357 e. The van der Waals surface area contributed by atoms with E-state index in [0.29, 0.717) is 19.4 Å². The first-order chi connectivity index (χ1) is 4.31. The van der Waals surface area contributed by atoms with Crippen LogP contribution in [-0.2, 0) is 9.59 Å². The van der Waals surface area contributed by atoms with Crippen molar-refractivity contribution in [1.29, 1.82) is 0 Å². The minimum Gasteiger partial charge on any atom is -0.357 e. The summed E-state index contributed by atoms with van der Waals surface area (Å²) in [5, 5.41) is 4.74. The van der Waals surface area contributed by atoms with Gasteiger partial charge in [-0.3, -0.25) is 9.59 Å². The van der Waals surface area contributed by atoms with Crippen LogP contribution in [0.15, 0.2) is 0 Å². The molecule has 0 aliphatic rings. The maximum atomic E-state index is 9.71. The van der Waals surface area contributed by atoms with Crippen LogP contribution in [0.3, 0.4) is 0 Å². The van der Waals surface area contributed by atoms with Gasteiger partial charge < -0.3 is 10.6 Å². The van der Waals surface area contributed by atoms with Crippen molar-refractivity contribution in [3.8, 4) is 0 Å². The zero-order chi connectivity index (χ0) is 7.11. The van der Waals surface area contributed by atoms with Gasteiger partial charge in [-0.1, -0.05) is 0 Å². The number of carbonyl (C=O) groups excluding carboxylic acids is 2. The van der Waals surface area contributed by atoms with E-state index in [2.05, 4.69) is 17.6 Å². The Morgan fingerprint density at radius 1 is 1.44 bits per heavy atom. The van der Waals surface area contributed by atoms with E-state index in [-0.39, 0.29) is 6.04 Å². The van der Waals surface area contributed by atoms with E-state index in [1.165, 1.54) is 0 Å². The fourth-order valence-electron chi connectivity index (χ4n) is 0.346. The molecule has 1 unspecified atom stereocenters. The number of amides is 2. The molecule has 4 nitrogen and oxygen atoms in total. The molecule has 9 heavy (non-hydrogen) atoms. The standard InChI is InChI=1S/C5H9N2O2/c1-5(7-4-9)2-6-3-8/h3-5H,1-2H2,(H,6,8)(H,7,9). The van der Waals surface area contributed by atoms with Crippen LogP contribution >= 0.6 is 0 Å². The average Bonchev–Trinajstić information content (AvgIpc) is 1.85. The Bertz CT molecular complexity index is 95.0. The molecule has 0 fully saturated rings. The zero-order valence-corrected chi connectivity index (χ0v) is 4.96. The van der Waals surface area contributed by atoms with Crippen molar-refractivity contribution >= 4 is 12.8 Å². The normalized spacial score (nSPS) is 11.7. The zero-order valence-electron chi connectivity index (χ0n) is 4.96. The molecular formula is C5H9N2O2. The van der Waals surface area contributed by atoms with Crippen LogP contribution in [-0.4, -0.2) is 25.4 Å². The van der Waals surface area contributed by atoms with E-state index in [1.807, 2.05) is 0 Å². The molecule has 1 radical (unpaired) electrons. The van der Waals surface area contributed by atoms with Crippen LogP contribution in [0.1, 0.15) is 0 Å². The highest BCUT2D eigenvalue weighted by Gasteiger charge is 1.94. The molecule has 0 aliphatic carbocycles. The third kappa shape index (κ3) is 4.80. The SMILES string of the molecule is [CH2]C(CNC=O)NC=O. The predicted molar refractivity (Wildman–Crippen MR) is 32.4 cm³/mol. The van der Waals surface area contributed by atoms with Gasteiger partial charge in [0.25, 0.3) is 0 Å². The van der Waals surface area contributed by atoms with Crippen LogP contribution in [0.25, 0.3) is 0 Å². The highest BCUT2D eigenvalue weighted by atomic mass is 16.1. The molecule has 0 heterocycles. The van der Waals surface area contributed by atoms with E-state index in [9.17, 15) is 9.59 Å². The Kier molecular flexibility index (Phi) is 4.49. The molecule has 0 aromatic rings. The van der Waals surface area contributed by atoms with Crippen LogP contribution in [0.4, 0.5) is 0 Å². The lowest BCUT2D eigenvalue weighted by Gasteiger charge is -2.06. The van der Waals surface area contributed by atoms with Gasteiger partial charge in [-0.2, -0.15) is 0 Å². The molecule has 0 saturated heterocycles. The third-order valence-electron chi connectivity index (χ3n) is 0.751. The van der Waals surface area contributed by atoms with Gasteiger partial charge in [-0.15, -0.1) is 0 Å². The monoisotopic (exact) mass is 129 g/mol. The summed E-state index contributed by atoms with van der Waals surface area (Å²) in [7, 11) is 0. The molecule has 0 aromatic heterocycles. The summed E-state index contributed by atoms with van der Waals surface area (Å²) in [6.45, 7) is 3.86. The second-order valence-electron chi connectivity index (χ2n) is 1.51. The Labute approximate surface area is 53.6 Å². The molecule has 0 saturated carbocycles. The minimum absolute atomic E-state index is 0.243. The third-order valence-corrected chi connectivity index (χ3v) is 0.751. The van der Waals surface area contributed by atoms with Crippen molar-refractivity contribution in [3.63, 3.8) is 0 Å². The van der Waals surface area contributed by atoms with Gasteiger partial charge in [-0.25, -0.2) is 0 Å². The summed E-state index contributed by atoms with van der Waals surface area (Å²) in [6.07, 6.45) is 1.11. The van der Waals surface area contributed by atoms with Crippen LogP contribution in [0, 0.1) is 6.92 Å². The minimum atomic E-state index is -0.243. The van der Waals surface area contributed by atoms with E-state index < -0.39 is 0 Å². The summed E-state index contributed by atoms with van der Waals surface area (Å²) in [4.78, 5) is 19.4. The Morgan fingerprint density at radius 3 is 2.56 bits per heavy atom. The second-order valence-corrected chi connectivity index (χ2v) is 1.51. The average molecular weight is 129 g/mol. The van der Waals surface area contributed by atoms with E-state index in [0.717, 1.165) is 0 Å². The fraction of sp³-hybridized carbons (Fsp3) is 0.400. The maximum Gasteiger partial charge on any atom is 0.207 e. The summed E-state index contributed by atoms with van der Waals surface area (Å²) < 4.78 is 0. The first-order valence-electron chi connectivity index (χ1n) is 2.51. The van der Waals surface area contributed by atoms with Crippen LogP contribution < -0.4 is 10.6 Å². The molecule has 51 valence electrons. The van der Waals surface area contributed by atoms with Gasteiger partial charge in [0.05, 0.1) is 0 Å². The molecule has 0 spiro atoms. The smallest absolute Gasteiger partial charge is 0.207 e. The topological polar surface area (TPSA) is 58.2 Å². The number of carbonyl (C=O) groups is 2. The molecule has 2 amide bonds. The first kappa shape index (κ1) is 7.94. The number of hydrogen-bond donors (Lipinski definition) is 2. The Hall–Kier alpha value is -1.06. The lowest BCUT2D eigenvalue weighted by atomic mass is 10.3. The molecule has 4 heteroatoms. The number of hydrogen-bond acceptors (Lipinski definition) is 2. The molecule has 0 aromatic carbocycles. The van der Waals surface area contributed by atoms with Gasteiger partial charge in [0.15, 0.2) is 0 Å². The van der Waals surface area contributed by atoms with E-state index >= 15 is 0 Å². The lowest BCUT2D eigenvalue weighted by Crippen LogP contribution is -2.35. The number of nitrogens with one attached hydrogen (secondary N) is 2. The molecule has 0 rings (SSSR count). The summed E-state index contributed by atoms with van der Waals surface area (Å²) in [5.41, 5.74) is 0. The quantitative estimate of drug-likeness (QED) is 0.452. The molecule has 1 atom stereocenters. The van der Waals surface area contributed by atoms with Crippen molar-refractivity contribution in [2.24, 2.45) is 0 Å². The molecule has 0 bridgehead atoms. The molecular weight excluding hydrogens is 120 g/mol. The second kappa shape index (κ2) is 5.08. The van der Waals surface area contributed by atoms with Crippen molar-refractivity contribution in [2.75, 3.05) is 6.54 Å². The highest BCUT2D eigenvalue weighted by molar-refractivity contribution is 5.48. The van der Waals surface area contributed by atoms with Crippen molar-refractivity contribution in [3.05, 3.63) is 6.92 Å². The molecule has 0 aliphatic heterocycles. The van der Waals surface area contributed by atoms with Crippen molar-refractivity contribution in [2.45, 2.75) is 6.04 Å². The van der Waals surface area contributed by atoms with E-state index in [4.69, 9.17) is 0 Å². The maximum absolute atomic E-state index is 9.71. The Balaban J connectivity index is 3.14.